The summed E-state index contributed by atoms with van der Waals surface area (Å²) in [6.45, 7) is 2.53. The van der Waals surface area contributed by atoms with E-state index >= 15 is 0 Å². The molecule has 0 aliphatic heterocycles. The first-order valence-corrected chi connectivity index (χ1v) is 9.16. The SMILES string of the molecule is CN(C)CCO.CN(C)CCOC(=O)CC(=O)CN(C)CCO.O=C(O)CC(=O)O. The van der Waals surface area contributed by atoms with Crippen LogP contribution in [0.25, 0.3) is 0 Å². The first-order chi connectivity index (χ1) is 13.8. The number of esters is 1. The molecule has 0 saturated carbocycles. The molecule has 0 rings (SSSR count). The van der Waals surface area contributed by atoms with E-state index in [0.717, 1.165) is 6.54 Å². The summed E-state index contributed by atoms with van der Waals surface area (Å²) in [7, 11) is 9.32. The van der Waals surface area contributed by atoms with Crippen LogP contribution in [0.5, 0.6) is 0 Å². The Bertz CT molecular complexity index is 474. The summed E-state index contributed by atoms with van der Waals surface area (Å²) in [6, 6.07) is 0. The van der Waals surface area contributed by atoms with Gasteiger partial charge in [-0.2, -0.15) is 0 Å². The third kappa shape index (κ3) is 33.5. The minimum Gasteiger partial charge on any atom is -0.481 e. The molecule has 0 fully saturated rings. The maximum Gasteiger partial charge on any atom is 0.314 e. The van der Waals surface area contributed by atoms with Crippen molar-refractivity contribution in [1.29, 1.82) is 0 Å². The van der Waals surface area contributed by atoms with Crippen molar-refractivity contribution in [3.05, 3.63) is 0 Å². The van der Waals surface area contributed by atoms with Gasteiger partial charge >= 0.3 is 17.9 Å². The zero-order chi connectivity index (χ0) is 24.1. The number of rotatable bonds is 13. The number of carbonyl (C=O) groups excluding carboxylic acids is 2. The van der Waals surface area contributed by atoms with Gasteiger partial charge in [0.15, 0.2) is 5.78 Å². The first kappa shape index (κ1) is 32.5. The van der Waals surface area contributed by atoms with Crippen molar-refractivity contribution in [1.82, 2.24) is 14.7 Å². The molecule has 12 nitrogen and oxygen atoms in total. The summed E-state index contributed by atoms with van der Waals surface area (Å²) in [5.74, 6) is -3.31. The zero-order valence-electron chi connectivity index (χ0n) is 18.5. The number of carboxylic acid groups (broad SMARTS) is 2. The Hall–Kier alpha value is -2.12. The number of aliphatic carboxylic acids is 2. The number of carbonyl (C=O) groups is 4. The van der Waals surface area contributed by atoms with Gasteiger partial charge in [-0.05, 0) is 35.2 Å². The molecule has 30 heavy (non-hydrogen) atoms. The molecule has 0 unspecified atom stereocenters. The summed E-state index contributed by atoms with van der Waals surface area (Å²) < 4.78 is 4.90. The number of ketones is 1. The quantitative estimate of drug-likeness (QED) is 0.185. The standard InChI is InChI=1S/C11H22N2O4.C4H11NO.C3H4O4/c1-12(2)5-7-17-11(16)8-10(15)9-13(3)4-6-14;1-5(2)3-4-6;4-2(5)1-3(6)7/h14H,4-9H2,1-3H3;6H,3-4H2,1-2H3;1H2,(H,4,5)(H,6,7). The smallest absolute Gasteiger partial charge is 0.314 e. The summed E-state index contributed by atoms with van der Waals surface area (Å²) in [6.07, 6.45) is -1.01. The highest BCUT2D eigenvalue weighted by molar-refractivity contribution is 5.96. The Kier molecular flexibility index (Phi) is 23.4. The molecular formula is C18H37N3O9. The molecule has 0 bridgehead atoms. The van der Waals surface area contributed by atoms with Crippen molar-refractivity contribution < 1.29 is 44.3 Å². The highest BCUT2D eigenvalue weighted by atomic mass is 16.5. The average Bonchev–Trinajstić information content (AvgIpc) is 2.53. The average molecular weight is 440 g/mol. The molecule has 0 aliphatic carbocycles. The molecule has 0 heterocycles. The topological polar surface area (TPSA) is 168 Å². The molecule has 0 aromatic heterocycles. The maximum atomic E-state index is 11.4. The number of carboxylic acids is 2. The van der Waals surface area contributed by atoms with Crippen LogP contribution in [0.4, 0.5) is 0 Å². The normalized spacial score (nSPS) is 10.1. The summed E-state index contributed by atoms with van der Waals surface area (Å²) >= 11 is 0. The lowest BCUT2D eigenvalue weighted by molar-refractivity contribution is -0.148. The molecule has 0 aromatic carbocycles. The minimum absolute atomic E-state index is 0.00292. The number of aliphatic hydroxyl groups is 2. The highest BCUT2D eigenvalue weighted by Crippen LogP contribution is 1.92. The lowest BCUT2D eigenvalue weighted by Gasteiger charge is -2.13. The molecule has 0 saturated heterocycles. The molecule has 178 valence electrons. The van der Waals surface area contributed by atoms with Crippen molar-refractivity contribution in [3.8, 4) is 0 Å². The Morgan fingerprint density at radius 2 is 1.20 bits per heavy atom. The van der Waals surface area contributed by atoms with Gasteiger partial charge in [0.25, 0.3) is 0 Å². The summed E-state index contributed by atoms with van der Waals surface area (Å²) in [4.78, 5) is 47.0. The van der Waals surface area contributed by atoms with E-state index in [9.17, 15) is 19.2 Å². The van der Waals surface area contributed by atoms with E-state index in [2.05, 4.69) is 0 Å². The van der Waals surface area contributed by atoms with Crippen LogP contribution in [0, 0.1) is 0 Å². The number of Topliss-reactive ketones (excluding diaryl/α,β-unsaturated/α-hetero) is 1. The zero-order valence-corrected chi connectivity index (χ0v) is 18.5. The van der Waals surface area contributed by atoms with E-state index < -0.39 is 24.3 Å². The van der Waals surface area contributed by atoms with Crippen LogP contribution < -0.4 is 0 Å². The fraction of sp³-hybridized carbons (Fsp3) is 0.778. The Morgan fingerprint density at radius 3 is 1.50 bits per heavy atom. The van der Waals surface area contributed by atoms with Crippen LogP contribution in [0.15, 0.2) is 0 Å². The van der Waals surface area contributed by atoms with Crippen LogP contribution in [0.3, 0.4) is 0 Å². The predicted molar refractivity (Wildman–Crippen MR) is 109 cm³/mol. The van der Waals surface area contributed by atoms with Gasteiger partial charge in [-0.3, -0.25) is 24.1 Å². The van der Waals surface area contributed by atoms with Crippen LogP contribution in [-0.2, 0) is 23.9 Å². The third-order valence-corrected chi connectivity index (χ3v) is 2.92. The van der Waals surface area contributed by atoms with E-state index in [1.807, 2.05) is 38.0 Å². The number of hydrogen-bond donors (Lipinski definition) is 4. The van der Waals surface area contributed by atoms with E-state index in [1.54, 1.807) is 11.9 Å². The van der Waals surface area contributed by atoms with Gasteiger partial charge < -0.3 is 35.0 Å². The van der Waals surface area contributed by atoms with Gasteiger partial charge in [-0.1, -0.05) is 0 Å². The van der Waals surface area contributed by atoms with Crippen LogP contribution in [0.1, 0.15) is 12.8 Å². The maximum absolute atomic E-state index is 11.4. The molecule has 0 atom stereocenters. The van der Waals surface area contributed by atoms with Gasteiger partial charge in [0.05, 0.1) is 19.8 Å². The number of hydrogen-bond acceptors (Lipinski definition) is 10. The second-order valence-corrected chi connectivity index (χ2v) is 6.69. The van der Waals surface area contributed by atoms with Crippen molar-refractivity contribution in [2.24, 2.45) is 0 Å². The van der Waals surface area contributed by atoms with E-state index in [0.29, 0.717) is 19.7 Å². The van der Waals surface area contributed by atoms with Gasteiger partial charge in [0.1, 0.15) is 19.4 Å². The first-order valence-electron chi connectivity index (χ1n) is 9.16. The molecule has 12 heteroatoms. The fourth-order valence-electron chi connectivity index (χ4n) is 1.49. The molecule has 0 aromatic rings. The van der Waals surface area contributed by atoms with E-state index in [-0.39, 0.29) is 32.0 Å². The molecule has 0 radical (unpaired) electrons. The fourth-order valence-corrected chi connectivity index (χ4v) is 1.49. The van der Waals surface area contributed by atoms with Gasteiger partial charge in [0, 0.05) is 19.6 Å². The predicted octanol–water partition coefficient (Wildman–Crippen LogP) is -1.94. The van der Waals surface area contributed by atoms with Crippen LogP contribution in [0.2, 0.25) is 0 Å². The summed E-state index contributed by atoms with van der Waals surface area (Å²) in [5.41, 5.74) is 0. The van der Waals surface area contributed by atoms with Crippen LogP contribution in [-0.4, -0.2) is 140 Å². The lowest BCUT2D eigenvalue weighted by atomic mass is 10.2. The van der Waals surface area contributed by atoms with Crippen LogP contribution >= 0.6 is 0 Å². The highest BCUT2D eigenvalue weighted by Gasteiger charge is 2.12. The molecule has 0 spiro atoms. The van der Waals surface area contributed by atoms with E-state index in [4.69, 9.17) is 25.2 Å². The monoisotopic (exact) mass is 439 g/mol. The minimum atomic E-state index is -1.31. The number of nitrogens with zero attached hydrogens (tertiary/aromatic N) is 3. The summed E-state index contributed by atoms with van der Waals surface area (Å²) in [5, 5.41) is 32.3. The number of ether oxygens (including phenoxy) is 1. The second-order valence-electron chi connectivity index (χ2n) is 6.69. The lowest BCUT2D eigenvalue weighted by Crippen LogP contribution is -2.30. The number of aliphatic hydroxyl groups excluding tert-OH is 2. The molecule has 0 amide bonds. The molecular weight excluding hydrogens is 402 g/mol. The largest absolute Gasteiger partial charge is 0.481 e. The van der Waals surface area contributed by atoms with Crippen molar-refractivity contribution in [2.45, 2.75) is 12.8 Å². The number of likely N-dealkylation sites (N-methyl/N-ethyl adjacent to an activating group) is 3. The Balaban J connectivity index is -0.000000459. The molecule has 0 aliphatic rings. The van der Waals surface area contributed by atoms with Gasteiger partial charge in [0.2, 0.25) is 0 Å². The van der Waals surface area contributed by atoms with Crippen molar-refractivity contribution in [2.75, 3.05) is 81.2 Å². The van der Waals surface area contributed by atoms with E-state index in [1.165, 1.54) is 0 Å². The van der Waals surface area contributed by atoms with Gasteiger partial charge in [-0.15, -0.1) is 0 Å². The van der Waals surface area contributed by atoms with Crippen molar-refractivity contribution in [3.63, 3.8) is 0 Å². The Morgan fingerprint density at radius 1 is 0.733 bits per heavy atom. The third-order valence-electron chi connectivity index (χ3n) is 2.92. The van der Waals surface area contributed by atoms with Crippen molar-refractivity contribution >= 4 is 23.7 Å². The second kappa shape index (κ2) is 21.6. The van der Waals surface area contributed by atoms with Gasteiger partial charge in [-0.25, -0.2) is 0 Å². The molecule has 4 N–H and O–H groups in total. The Labute approximate surface area is 177 Å².